The Morgan fingerprint density at radius 3 is 2.42 bits per heavy atom. The van der Waals surface area contributed by atoms with Gasteiger partial charge in [0.15, 0.2) is 11.5 Å². The van der Waals surface area contributed by atoms with Crippen LogP contribution in [0.4, 0.5) is 5.69 Å². The van der Waals surface area contributed by atoms with Crippen molar-refractivity contribution in [3.8, 4) is 11.5 Å². The van der Waals surface area contributed by atoms with Crippen molar-refractivity contribution < 1.29 is 17.9 Å². The van der Waals surface area contributed by atoms with E-state index in [1.165, 1.54) is 0 Å². The average Bonchev–Trinajstić information content (AvgIpc) is 2.90. The molecule has 6 nitrogen and oxygen atoms in total. The zero-order valence-corrected chi connectivity index (χ0v) is 16.3. The van der Waals surface area contributed by atoms with Gasteiger partial charge >= 0.3 is 0 Å². The molecule has 3 rings (SSSR count). The summed E-state index contributed by atoms with van der Waals surface area (Å²) in [7, 11) is -0.442. The second-order valence-electron chi connectivity index (χ2n) is 6.65. The van der Waals surface area contributed by atoms with Crippen LogP contribution in [0.2, 0.25) is 0 Å². The molecule has 0 bridgehead atoms. The van der Waals surface area contributed by atoms with E-state index in [0.29, 0.717) is 18.0 Å². The zero-order valence-electron chi connectivity index (χ0n) is 15.4. The van der Waals surface area contributed by atoms with Crippen LogP contribution in [0.25, 0.3) is 0 Å². The first kappa shape index (κ1) is 18.5. The molecular weight excluding hydrogens is 352 g/mol. The molecule has 1 heterocycles. The van der Waals surface area contributed by atoms with Crippen LogP contribution in [0.1, 0.15) is 23.6 Å². The number of nitrogens with zero attached hydrogens (tertiary/aromatic N) is 1. The highest BCUT2D eigenvalue weighted by atomic mass is 32.2. The standard InChI is InChI=1S/C19H24N2O4S/c1-12-7-18(24-3)19(25-4)10-15(12)11-21-13(2)8-14-9-16(26(20,22)23)5-6-17(14)21/h5-7,9-10,13H,8,11H2,1-4H3,(H2,20,22,23). The summed E-state index contributed by atoms with van der Waals surface area (Å²) in [4.78, 5) is 2.43. The van der Waals surface area contributed by atoms with Gasteiger partial charge in [0.25, 0.3) is 0 Å². The van der Waals surface area contributed by atoms with Crippen LogP contribution < -0.4 is 19.5 Å². The molecule has 1 atom stereocenters. The number of hydrogen-bond donors (Lipinski definition) is 1. The Bertz CT molecular complexity index is 941. The summed E-state index contributed by atoms with van der Waals surface area (Å²) in [6.07, 6.45) is 0.783. The van der Waals surface area contributed by atoms with Crippen molar-refractivity contribution >= 4 is 15.7 Å². The first-order valence-corrected chi connectivity index (χ1v) is 9.93. The van der Waals surface area contributed by atoms with E-state index in [-0.39, 0.29) is 10.9 Å². The van der Waals surface area contributed by atoms with E-state index >= 15 is 0 Å². The van der Waals surface area contributed by atoms with E-state index in [9.17, 15) is 8.42 Å². The molecule has 2 aromatic carbocycles. The minimum atomic E-state index is -3.69. The average molecular weight is 376 g/mol. The molecule has 0 amide bonds. The van der Waals surface area contributed by atoms with Crippen LogP contribution in [0.15, 0.2) is 35.2 Å². The fourth-order valence-electron chi connectivity index (χ4n) is 3.47. The summed E-state index contributed by atoms with van der Waals surface area (Å²) >= 11 is 0. The second kappa shape index (κ2) is 6.81. The molecule has 1 aliphatic heterocycles. The number of nitrogens with two attached hydrogens (primary N) is 1. The highest BCUT2D eigenvalue weighted by Crippen LogP contribution is 2.37. The third-order valence-corrected chi connectivity index (χ3v) is 5.83. The quantitative estimate of drug-likeness (QED) is 0.867. The van der Waals surface area contributed by atoms with Crippen molar-refractivity contribution in [2.45, 2.75) is 37.8 Å². The van der Waals surface area contributed by atoms with E-state index in [0.717, 1.165) is 28.8 Å². The Balaban J connectivity index is 1.95. The Morgan fingerprint density at radius 2 is 1.81 bits per heavy atom. The van der Waals surface area contributed by atoms with Gasteiger partial charge in [-0.3, -0.25) is 0 Å². The van der Waals surface area contributed by atoms with Gasteiger partial charge in [-0.1, -0.05) is 0 Å². The fourth-order valence-corrected chi connectivity index (χ4v) is 4.03. The van der Waals surface area contributed by atoms with Gasteiger partial charge in [-0.05, 0) is 67.3 Å². The molecule has 0 aliphatic carbocycles. The molecule has 0 fully saturated rings. The third-order valence-electron chi connectivity index (χ3n) is 4.92. The largest absolute Gasteiger partial charge is 0.493 e. The van der Waals surface area contributed by atoms with E-state index in [4.69, 9.17) is 14.6 Å². The first-order valence-electron chi connectivity index (χ1n) is 8.38. The molecule has 1 unspecified atom stereocenters. The van der Waals surface area contributed by atoms with Gasteiger partial charge < -0.3 is 14.4 Å². The van der Waals surface area contributed by atoms with Crippen LogP contribution >= 0.6 is 0 Å². The molecule has 26 heavy (non-hydrogen) atoms. The molecule has 0 radical (unpaired) electrons. The molecule has 0 saturated heterocycles. The number of hydrogen-bond acceptors (Lipinski definition) is 5. The third kappa shape index (κ3) is 3.37. The maximum absolute atomic E-state index is 11.6. The molecule has 140 valence electrons. The maximum Gasteiger partial charge on any atom is 0.238 e. The van der Waals surface area contributed by atoms with Crippen LogP contribution in [0.5, 0.6) is 11.5 Å². The van der Waals surface area contributed by atoms with Crippen molar-refractivity contribution in [2.75, 3.05) is 19.1 Å². The van der Waals surface area contributed by atoms with Gasteiger partial charge in [-0.15, -0.1) is 0 Å². The van der Waals surface area contributed by atoms with E-state index in [1.807, 2.05) is 25.1 Å². The van der Waals surface area contributed by atoms with E-state index in [2.05, 4.69) is 11.8 Å². The minimum absolute atomic E-state index is 0.160. The summed E-state index contributed by atoms with van der Waals surface area (Å²) in [5, 5.41) is 5.26. The van der Waals surface area contributed by atoms with Crippen LogP contribution in [-0.2, 0) is 23.0 Å². The summed E-state index contributed by atoms with van der Waals surface area (Å²) < 4.78 is 34.0. The molecule has 2 aromatic rings. The summed E-state index contributed by atoms with van der Waals surface area (Å²) in [6.45, 7) is 4.88. The predicted molar refractivity (Wildman–Crippen MR) is 101 cm³/mol. The van der Waals surface area contributed by atoms with Crippen molar-refractivity contribution in [3.05, 3.63) is 47.0 Å². The van der Waals surface area contributed by atoms with Gasteiger partial charge in [0, 0.05) is 18.3 Å². The lowest BCUT2D eigenvalue weighted by molar-refractivity contribution is 0.354. The highest BCUT2D eigenvalue weighted by molar-refractivity contribution is 7.89. The molecular formula is C19H24N2O4S. The van der Waals surface area contributed by atoms with E-state index < -0.39 is 10.0 Å². The lowest BCUT2D eigenvalue weighted by atomic mass is 10.1. The SMILES string of the molecule is COc1cc(C)c(CN2c3ccc(S(N)(=O)=O)cc3CC2C)cc1OC. The monoisotopic (exact) mass is 376 g/mol. The predicted octanol–water partition coefficient (Wildman–Crippen LogP) is 2.61. The smallest absolute Gasteiger partial charge is 0.238 e. The number of benzene rings is 2. The van der Waals surface area contributed by atoms with Gasteiger partial charge in [-0.25, -0.2) is 13.6 Å². The van der Waals surface area contributed by atoms with Gasteiger partial charge in [0.1, 0.15) is 0 Å². The summed E-state index contributed by atoms with van der Waals surface area (Å²) in [5.74, 6) is 1.41. The molecule has 0 spiro atoms. The highest BCUT2D eigenvalue weighted by Gasteiger charge is 2.28. The van der Waals surface area contributed by atoms with Crippen molar-refractivity contribution in [1.29, 1.82) is 0 Å². The summed E-state index contributed by atoms with van der Waals surface area (Å²) in [5.41, 5.74) is 4.29. The number of methoxy groups -OCH3 is 2. The van der Waals surface area contributed by atoms with Gasteiger partial charge in [-0.2, -0.15) is 0 Å². The molecule has 7 heteroatoms. The number of sulfonamides is 1. The summed E-state index contributed by atoms with van der Waals surface area (Å²) in [6, 6.07) is 9.32. The van der Waals surface area contributed by atoms with Gasteiger partial charge in [0.05, 0.1) is 19.1 Å². The van der Waals surface area contributed by atoms with Crippen LogP contribution in [-0.4, -0.2) is 28.7 Å². The van der Waals surface area contributed by atoms with Crippen LogP contribution in [0, 0.1) is 6.92 Å². The van der Waals surface area contributed by atoms with Crippen molar-refractivity contribution in [3.63, 3.8) is 0 Å². The molecule has 0 aromatic heterocycles. The Hall–Kier alpha value is -2.25. The Labute approximate surface area is 154 Å². The fraction of sp³-hybridized carbons (Fsp3) is 0.368. The number of ether oxygens (including phenoxy) is 2. The normalized spacial score (nSPS) is 16.5. The Kier molecular flexibility index (Phi) is 4.86. The minimum Gasteiger partial charge on any atom is -0.493 e. The van der Waals surface area contributed by atoms with E-state index in [1.54, 1.807) is 26.4 Å². The van der Waals surface area contributed by atoms with Crippen LogP contribution in [0.3, 0.4) is 0 Å². The maximum atomic E-state index is 11.6. The lowest BCUT2D eigenvalue weighted by Crippen LogP contribution is -2.28. The second-order valence-corrected chi connectivity index (χ2v) is 8.21. The topological polar surface area (TPSA) is 81.9 Å². The van der Waals surface area contributed by atoms with Crippen molar-refractivity contribution in [1.82, 2.24) is 0 Å². The molecule has 1 aliphatic rings. The number of anilines is 1. The van der Waals surface area contributed by atoms with Gasteiger partial charge in [0.2, 0.25) is 10.0 Å². The molecule has 2 N–H and O–H groups in total. The number of aryl methyl sites for hydroxylation is 1. The molecule has 0 saturated carbocycles. The number of fused-ring (bicyclic) bond motifs is 1. The van der Waals surface area contributed by atoms with Crippen molar-refractivity contribution in [2.24, 2.45) is 5.14 Å². The number of rotatable bonds is 5. The Morgan fingerprint density at radius 1 is 1.15 bits per heavy atom. The zero-order chi connectivity index (χ0) is 19.1. The number of primary sulfonamides is 1. The lowest BCUT2D eigenvalue weighted by Gasteiger charge is -2.26. The first-order chi connectivity index (χ1) is 12.2.